The third-order valence-corrected chi connectivity index (χ3v) is 11.2. The van der Waals surface area contributed by atoms with E-state index in [0.29, 0.717) is 78.9 Å². The van der Waals surface area contributed by atoms with E-state index < -0.39 is 17.0 Å². The zero-order valence-corrected chi connectivity index (χ0v) is 31.8. The first-order chi connectivity index (χ1) is 26.3. The van der Waals surface area contributed by atoms with Crippen LogP contribution in [0.4, 0.5) is 11.5 Å². The van der Waals surface area contributed by atoms with E-state index in [0.717, 1.165) is 63.1 Å². The SMILES string of the molecule is Cc1nc(Nc2cccc(-c3cccc(-c4nc5cc(CN6CCC(C)(C(=O)O)C6)cc(C#N)c5o4)c3C)c2C)c2ncc(CN3CCC(C)(O)C3)cc2n1. The van der Waals surface area contributed by atoms with Crippen molar-refractivity contribution in [3.63, 3.8) is 0 Å². The lowest BCUT2D eigenvalue weighted by Gasteiger charge is -2.20. The smallest absolute Gasteiger partial charge is 0.310 e. The molecule has 2 saturated heterocycles. The van der Waals surface area contributed by atoms with Gasteiger partial charge in [0.15, 0.2) is 11.4 Å². The van der Waals surface area contributed by atoms with Gasteiger partial charge in [-0.05, 0) is 118 Å². The second-order valence-corrected chi connectivity index (χ2v) is 15.8. The molecule has 0 aliphatic carbocycles. The molecule has 2 aliphatic rings. The van der Waals surface area contributed by atoms with Gasteiger partial charge < -0.3 is 19.9 Å². The van der Waals surface area contributed by atoms with Crippen LogP contribution in [0.5, 0.6) is 0 Å². The van der Waals surface area contributed by atoms with Crippen LogP contribution < -0.4 is 5.32 Å². The second-order valence-electron chi connectivity index (χ2n) is 15.8. The minimum atomic E-state index is -0.785. The molecule has 2 fully saturated rings. The monoisotopic (exact) mass is 736 g/mol. The molecule has 0 amide bonds. The molecule has 12 heteroatoms. The molecule has 8 rings (SSSR count). The van der Waals surface area contributed by atoms with Crippen molar-refractivity contribution in [2.24, 2.45) is 5.41 Å². The quantitative estimate of drug-likeness (QED) is 0.136. The van der Waals surface area contributed by atoms with Crippen LogP contribution in [0.15, 0.2) is 65.2 Å². The number of benzene rings is 3. The number of pyridine rings is 1. The number of nitrogens with zero attached hydrogens (tertiary/aromatic N) is 7. The Balaban J connectivity index is 1.07. The van der Waals surface area contributed by atoms with E-state index in [-0.39, 0.29) is 0 Å². The maximum Gasteiger partial charge on any atom is 0.310 e. The van der Waals surface area contributed by atoms with Gasteiger partial charge in [0.05, 0.1) is 22.1 Å². The number of hydrogen-bond acceptors (Lipinski definition) is 11. The van der Waals surface area contributed by atoms with Gasteiger partial charge in [-0.2, -0.15) is 5.26 Å². The number of hydrogen-bond donors (Lipinski definition) is 3. The van der Waals surface area contributed by atoms with E-state index in [2.05, 4.69) is 53.2 Å². The summed E-state index contributed by atoms with van der Waals surface area (Å²) in [5.41, 5.74) is 9.14. The highest BCUT2D eigenvalue weighted by Gasteiger charge is 2.40. The van der Waals surface area contributed by atoms with Crippen molar-refractivity contribution in [1.29, 1.82) is 5.26 Å². The lowest BCUT2D eigenvalue weighted by atomic mass is 9.90. The number of carboxylic acid groups (broad SMARTS) is 1. The van der Waals surface area contributed by atoms with Gasteiger partial charge in [0.1, 0.15) is 22.9 Å². The third-order valence-electron chi connectivity index (χ3n) is 11.2. The predicted octanol–water partition coefficient (Wildman–Crippen LogP) is 7.29. The Labute approximate surface area is 319 Å². The Morgan fingerprint density at radius 3 is 2.31 bits per heavy atom. The standard InChI is InChI=1S/C43H44N8O4/c1-25-31(8-6-10-33(25)40-49-36-17-28(16-30(19-44)38(36)55-40)21-50-14-12-42(4,23-50)41(52)53)32-9-7-11-34(26(32)2)48-39-37-35(46-27(3)47-39)18-29(20-45-37)22-51-15-13-43(5,54)24-51/h6-11,16-18,20,54H,12-15,21-24H2,1-5H3,(H,52,53)(H,46,47,48). The highest BCUT2D eigenvalue weighted by atomic mass is 16.4. The summed E-state index contributed by atoms with van der Waals surface area (Å²) < 4.78 is 6.30. The van der Waals surface area contributed by atoms with Crippen molar-refractivity contribution in [2.45, 2.75) is 66.2 Å². The molecule has 6 aromatic rings. The van der Waals surface area contributed by atoms with Crippen LogP contribution in [0.2, 0.25) is 0 Å². The molecular formula is C43H44N8O4. The van der Waals surface area contributed by atoms with Gasteiger partial charge in [0.25, 0.3) is 0 Å². The van der Waals surface area contributed by atoms with Crippen molar-refractivity contribution in [2.75, 3.05) is 31.5 Å². The number of carboxylic acids is 1. The van der Waals surface area contributed by atoms with Crippen LogP contribution in [0.25, 0.3) is 44.7 Å². The van der Waals surface area contributed by atoms with Gasteiger partial charge in [-0.3, -0.25) is 19.6 Å². The number of nitrogens with one attached hydrogen (secondary N) is 1. The van der Waals surface area contributed by atoms with Gasteiger partial charge in [-0.25, -0.2) is 15.0 Å². The Morgan fingerprint density at radius 2 is 1.58 bits per heavy atom. The number of aliphatic hydroxyl groups is 1. The minimum Gasteiger partial charge on any atom is -0.481 e. The molecule has 3 aromatic heterocycles. The Kier molecular flexibility index (Phi) is 9.12. The number of nitriles is 1. The lowest BCUT2D eigenvalue weighted by molar-refractivity contribution is -0.147. The fraction of sp³-hybridized carbons (Fsp3) is 0.349. The first-order valence-corrected chi connectivity index (χ1v) is 18.6. The Hall–Kier alpha value is -5.74. The van der Waals surface area contributed by atoms with Gasteiger partial charge in [0, 0.05) is 50.2 Å². The summed E-state index contributed by atoms with van der Waals surface area (Å²) in [6.45, 7) is 13.5. The summed E-state index contributed by atoms with van der Waals surface area (Å²) in [5.74, 6) is 0.909. The number of aryl methyl sites for hydroxylation is 1. The minimum absolute atomic E-state index is 0.397. The second kappa shape index (κ2) is 13.8. The summed E-state index contributed by atoms with van der Waals surface area (Å²) in [5, 5.41) is 33.7. The number of likely N-dealkylation sites (tertiary alicyclic amines) is 2. The Morgan fingerprint density at radius 1 is 0.891 bits per heavy atom. The van der Waals surface area contributed by atoms with Crippen LogP contribution in [0, 0.1) is 37.5 Å². The Bertz CT molecular complexity index is 2540. The molecule has 0 bridgehead atoms. The molecule has 12 nitrogen and oxygen atoms in total. The highest BCUT2D eigenvalue weighted by molar-refractivity contribution is 5.90. The number of rotatable bonds is 9. The molecule has 3 N–H and O–H groups in total. The van der Waals surface area contributed by atoms with Crippen molar-refractivity contribution >= 4 is 39.6 Å². The summed E-state index contributed by atoms with van der Waals surface area (Å²) in [6, 6.07) is 20.3. The molecule has 55 heavy (non-hydrogen) atoms. The molecular weight excluding hydrogens is 693 g/mol. The van der Waals surface area contributed by atoms with Gasteiger partial charge in [0.2, 0.25) is 5.89 Å². The fourth-order valence-electron chi connectivity index (χ4n) is 8.14. The lowest BCUT2D eigenvalue weighted by Crippen LogP contribution is -2.31. The normalized spacial score (nSPS) is 20.4. The molecule has 2 atom stereocenters. The highest BCUT2D eigenvalue weighted by Crippen LogP contribution is 2.38. The van der Waals surface area contributed by atoms with Crippen molar-refractivity contribution in [1.82, 2.24) is 29.7 Å². The number of anilines is 2. The molecule has 3 aromatic carbocycles. The summed E-state index contributed by atoms with van der Waals surface area (Å²) >= 11 is 0. The van der Waals surface area contributed by atoms with E-state index >= 15 is 0 Å². The van der Waals surface area contributed by atoms with Crippen molar-refractivity contribution in [3.8, 4) is 28.7 Å². The third kappa shape index (κ3) is 7.02. The van der Waals surface area contributed by atoms with Gasteiger partial charge >= 0.3 is 5.97 Å². The molecule has 0 spiro atoms. The predicted molar refractivity (Wildman–Crippen MR) is 211 cm³/mol. The molecule has 280 valence electrons. The van der Waals surface area contributed by atoms with E-state index in [9.17, 15) is 20.3 Å². The number of oxazole rings is 1. The van der Waals surface area contributed by atoms with E-state index in [4.69, 9.17) is 24.4 Å². The van der Waals surface area contributed by atoms with E-state index in [1.807, 2.05) is 56.4 Å². The fourth-order valence-corrected chi connectivity index (χ4v) is 8.14. The van der Waals surface area contributed by atoms with Crippen LogP contribution >= 0.6 is 0 Å². The van der Waals surface area contributed by atoms with Crippen LogP contribution in [0.1, 0.15) is 60.3 Å². The van der Waals surface area contributed by atoms with Gasteiger partial charge in [-0.15, -0.1) is 0 Å². The molecule has 0 radical (unpaired) electrons. The van der Waals surface area contributed by atoms with E-state index in [1.165, 1.54) is 0 Å². The zero-order valence-electron chi connectivity index (χ0n) is 31.8. The number of aromatic nitrogens is 4. The first kappa shape index (κ1) is 36.2. The number of aliphatic carboxylic acids is 1. The molecule has 5 heterocycles. The van der Waals surface area contributed by atoms with E-state index in [1.54, 1.807) is 6.92 Å². The summed E-state index contributed by atoms with van der Waals surface area (Å²) in [7, 11) is 0. The maximum absolute atomic E-state index is 11.8. The van der Waals surface area contributed by atoms with Crippen LogP contribution in [-0.4, -0.2) is 77.7 Å². The maximum atomic E-state index is 11.8. The van der Waals surface area contributed by atoms with Gasteiger partial charge in [-0.1, -0.05) is 24.3 Å². The van der Waals surface area contributed by atoms with Crippen LogP contribution in [0.3, 0.4) is 0 Å². The molecule has 0 saturated carbocycles. The topological polar surface area (TPSA) is 165 Å². The largest absolute Gasteiger partial charge is 0.481 e. The average molecular weight is 737 g/mol. The molecule has 2 unspecified atom stereocenters. The van der Waals surface area contributed by atoms with Crippen molar-refractivity contribution in [3.05, 3.63) is 94.4 Å². The number of fused-ring (bicyclic) bond motifs is 2. The van der Waals surface area contributed by atoms with Crippen molar-refractivity contribution < 1.29 is 19.4 Å². The molecule has 2 aliphatic heterocycles. The zero-order chi connectivity index (χ0) is 38.6. The average Bonchev–Trinajstić information content (AvgIpc) is 3.85. The summed E-state index contributed by atoms with van der Waals surface area (Å²) in [4.78, 5) is 35.3. The summed E-state index contributed by atoms with van der Waals surface area (Å²) in [6.07, 6.45) is 3.21. The first-order valence-electron chi connectivity index (χ1n) is 18.6. The number of carbonyl (C=O) groups is 1. The number of β-amino-alcohol motifs (C(OH)–C–C–N with tert-alkyl or cyclic N) is 1. The van der Waals surface area contributed by atoms with Crippen LogP contribution in [-0.2, 0) is 17.9 Å².